The highest BCUT2D eigenvalue weighted by Gasteiger charge is 2.25. The van der Waals surface area contributed by atoms with Gasteiger partial charge in [-0.3, -0.25) is 4.79 Å². The predicted molar refractivity (Wildman–Crippen MR) is 118 cm³/mol. The minimum Gasteiger partial charge on any atom is -0.497 e. The molecule has 0 saturated heterocycles. The van der Waals surface area contributed by atoms with Crippen molar-refractivity contribution in [1.82, 2.24) is 0 Å². The second-order valence-electron chi connectivity index (χ2n) is 8.03. The molecule has 164 valence electrons. The number of methoxy groups -OCH3 is 1. The van der Waals surface area contributed by atoms with Crippen LogP contribution in [0.15, 0.2) is 42.5 Å². The number of benzene rings is 2. The van der Waals surface area contributed by atoms with E-state index in [1.807, 2.05) is 30.3 Å². The van der Waals surface area contributed by atoms with E-state index in [1.54, 1.807) is 20.1 Å². The number of carboxylic acids is 1. The number of carbonyl (C=O) groups is 1. The Morgan fingerprint density at radius 2 is 1.94 bits per heavy atom. The summed E-state index contributed by atoms with van der Waals surface area (Å²) in [6.07, 6.45) is 3.76. The van der Waals surface area contributed by atoms with Crippen LogP contribution in [-0.4, -0.2) is 24.8 Å². The van der Waals surface area contributed by atoms with Crippen molar-refractivity contribution >= 4 is 5.97 Å². The van der Waals surface area contributed by atoms with Gasteiger partial charge in [0.2, 0.25) is 0 Å². The molecule has 1 fully saturated rings. The molecule has 3 rings (SSSR count). The van der Waals surface area contributed by atoms with Gasteiger partial charge in [-0.05, 0) is 85.9 Å². The molecule has 1 N–H and O–H groups in total. The highest BCUT2D eigenvalue weighted by atomic mass is 19.1. The van der Waals surface area contributed by atoms with Crippen LogP contribution in [0.3, 0.4) is 0 Å². The molecule has 1 aliphatic carbocycles. The van der Waals surface area contributed by atoms with Crippen molar-refractivity contribution in [3.8, 4) is 23.3 Å². The normalized spacial score (nSPS) is 19.1. The first kappa shape index (κ1) is 22.7. The third-order valence-corrected chi connectivity index (χ3v) is 5.93. The quantitative estimate of drug-likeness (QED) is 0.547. The van der Waals surface area contributed by atoms with Gasteiger partial charge in [0, 0.05) is 0 Å². The Balaban J connectivity index is 1.56. The van der Waals surface area contributed by atoms with Crippen LogP contribution in [0.25, 0.3) is 0 Å². The van der Waals surface area contributed by atoms with E-state index in [2.05, 4.69) is 11.8 Å². The molecule has 0 radical (unpaired) electrons. The summed E-state index contributed by atoms with van der Waals surface area (Å²) in [5.74, 6) is 6.44. The maximum absolute atomic E-state index is 14.3. The summed E-state index contributed by atoms with van der Waals surface area (Å²) in [6, 6.07) is 12.5. The Morgan fingerprint density at radius 3 is 2.61 bits per heavy atom. The fourth-order valence-corrected chi connectivity index (χ4v) is 4.24. The van der Waals surface area contributed by atoms with E-state index >= 15 is 0 Å². The van der Waals surface area contributed by atoms with Crippen LogP contribution in [0.2, 0.25) is 0 Å². The number of rotatable bonds is 8. The molecule has 0 spiro atoms. The third-order valence-electron chi connectivity index (χ3n) is 5.93. The Hall–Kier alpha value is -3.00. The fourth-order valence-electron chi connectivity index (χ4n) is 4.24. The van der Waals surface area contributed by atoms with Gasteiger partial charge in [-0.2, -0.15) is 0 Å². The lowest BCUT2D eigenvalue weighted by Crippen LogP contribution is -2.20. The van der Waals surface area contributed by atoms with E-state index in [9.17, 15) is 9.18 Å². The molecule has 31 heavy (non-hydrogen) atoms. The van der Waals surface area contributed by atoms with Crippen molar-refractivity contribution in [1.29, 1.82) is 0 Å². The molecule has 2 aromatic carbocycles. The van der Waals surface area contributed by atoms with Crippen molar-refractivity contribution < 1.29 is 23.8 Å². The lowest BCUT2D eigenvalue weighted by Gasteiger charge is -2.29. The van der Waals surface area contributed by atoms with Gasteiger partial charge in [0.25, 0.3) is 0 Å². The largest absolute Gasteiger partial charge is 0.497 e. The summed E-state index contributed by atoms with van der Waals surface area (Å²) in [5, 5.41) is 9.14. The number of carboxylic acid groups (broad SMARTS) is 1. The van der Waals surface area contributed by atoms with E-state index in [4.69, 9.17) is 14.6 Å². The average molecular weight is 425 g/mol. The maximum Gasteiger partial charge on any atom is 0.304 e. The van der Waals surface area contributed by atoms with Crippen molar-refractivity contribution in [2.24, 2.45) is 5.92 Å². The Labute approximate surface area is 183 Å². The molecule has 0 aliphatic heterocycles. The topological polar surface area (TPSA) is 55.8 Å². The molecule has 5 heteroatoms. The van der Waals surface area contributed by atoms with Crippen LogP contribution in [0.4, 0.5) is 4.39 Å². The molecule has 1 saturated carbocycles. The Bertz CT molecular complexity index is 951. The molecule has 1 unspecified atom stereocenters. The van der Waals surface area contributed by atoms with Gasteiger partial charge in [-0.1, -0.05) is 18.1 Å². The monoisotopic (exact) mass is 424 g/mol. The summed E-state index contributed by atoms with van der Waals surface area (Å²) in [6.45, 7) is 2.31. The average Bonchev–Trinajstić information content (AvgIpc) is 2.78. The van der Waals surface area contributed by atoms with Crippen molar-refractivity contribution in [3.63, 3.8) is 0 Å². The van der Waals surface area contributed by atoms with Gasteiger partial charge < -0.3 is 14.6 Å². The number of ether oxygens (including phenoxy) is 2. The van der Waals surface area contributed by atoms with Gasteiger partial charge in [-0.15, -0.1) is 5.92 Å². The lowest BCUT2D eigenvalue weighted by molar-refractivity contribution is -0.137. The second kappa shape index (κ2) is 10.9. The van der Waals surface area contributed by atoms with Gasteiger partial charge >= 0.3 is 5.97 Å². The SMILES string of the molecule is CC#CC(CC(=O)O)c1cccc(OC[C@H]2CC[C@@H](c3cc(OC)ccc3F)CC2)c1. The molecule has 2 aromatic rings. The van der Waals surface area contributed by atoms with Crippen LogP contribution in [-0.2, 0) is 4.79 Å². The number of hydrogen-bond donors (Lipinski definition) is 1. The molecular weight excluding hydrogens is 395 g/mol. The standard InChI is InChI=1S/C26H29FO4/c1-3-5-20(15-26(28)29)21-6-4-7-23(14-21)31-17-18-8-10-19(11-9-18)24-16-22(30-2)12-13-25(24)27/h4,6-7,12-14,16,18-20H,8-11,15,17H2,1-2H3,(H,28,29)/t18-,19+,20?. The van der Waals surface area contributed by atoms with Gasteiger partial charge in [-0.25, -0.2) is 4.39 Å². The Morgan fingerprint density at radius 1 is 1.16 bits per heavy atom. The van der Waals surface area contributed by atoms with E-state index in [0.29, 0.717) is 18.3 Å². The van der Waals surface area contributed by atoms with Crippen LogP contribution in [0.1, 0.15) is 62.0 Å². The summed E-state index contributed by atoms with van der Waals surface area (Å²) < 4.78 is 25.5. The smallest absolute Gasteiger partial charge is 0.304 e. The van der Waals surface area contributed by atoms with Crippen LogP contribution in [0, 0.1) is 23.6 Å². The maximum atomic E-state index is 14.3. The van der Waals surface area contributed by atoms with Crippen LogP contribution >= 0.6 is 0 Å². The van der Waals surface area contributed by atoms with E-state index in [0.717, 1.165) is 42.6 Å². The van der Waals surface area contributed by atoms with Crippen molar-refractivity contribution in [2.45, 2.75) is 50.9 Å². The molecule has 0 bridgehead atoms. The van der Waals surface area contributed by atoms with Crippen molar-refractivity contribution in [2.75, 3.05) is 13.7 Å². The Kier molecular flexibility index (Phi) is 7.94. The first-order valence-corrected chi connectivity index (χ1v) is 10.7. The zero-order chi connectivity index (χ0) is 22.2. The zero-order valence-electron chi connectivity index (χ0n) is 18.1. The fraction of sp³-hybridized carbons (Fsp3) is 0.423. The van der Waals surface area contributed by atoms with E-state index < -0.39 is 5.97 Å². The molecule has 0 aromatic heterocycles. The minimum atomic E-state index is -0.872. The van der Waals surface area contributed by atoms with Crippen LogP contribution < -0.4 is 9.47 Å². The predicted octanol–water partition coefficient (Wildman–Crippen LogP) is 5.77. The molecule has 1 aliphatic rings. The highest BCUT2D eigenvalue weighted by molar-refractivity contribution is 5.69. The number of aliphatic carboxylic acids is 1. The molecule has 0 heterocycles. The molecule has 0 amide bonds. The minimum absolute atomic E-state index is 0.0326. The lowest BCUT2D eigenvalue weighted by atomic mass is 9.79. The van der Waals surface area contributed by atoms with Crippen molar-refractivity contribution in [3.05, 3.63) is 59.4 Å². The summed E-state index contributed by atoms with van der Waals surface area (Å²) in [7, 11) is 1.60. The summed E-state index contributed by atoms with van der Waals surface area (Å²) >= 11 is 0. The van der Waals surface area contributed by atoms with E-state index in [1.165, 1.54) is 6.07 Å². The number of halogens is 1. The van der Waals surface area contributed by atoms with Crippen LogP contribution in [0.5, 0.6) is 11.5 Å². The third kappa shape index (κ3) is 6.24. The van der Waals surface area contributed by atoms with Gasteiger partial charge in [0.1, 0.15) is 17.3 Å². The highest BCUT2D eigenvalue weighted by Crippen LogP contribution is 2.38. The second-order valence-corrected chi connectivity index (χ2v) is 8.03. The molecule has 1 atom stereocenters. The summed E-state index contributed by atoms with van der Waals surface area (Å²) in [5.41, 5.74) is 1.60. The molecule has 4 nitrogen and oxygen atoms in total. The van der Waals surface area contributed by atoms with Gasteiger partial charge in [0.05, 0.1) is 26.1 Å². The van der Waals surface area contributed by atoms with Gasteiger partial charge in [0.15, 0.2) is 0 Å². The van der Waals surface area contributed by atoms with E-state index in [-0.39, 0.29) is 24.1 Å². The zero-order valence-corrected chi connectivity index (χ0v) is 18.1. The first-order valence-electron chi connectivity index (χ1n) is 10.7. The first-order chi connectivity index (χ1) is 15.0. The molecular formula is C26H29FO4. The number of hydrogen-bond acceptors (Lipinski definition) is 3. The summed E-state index contributed by atoms with van der Waals surface area (Å²) in [4.78, 5) is 11.1.